The molecule has 0 fully saturated rings. The van der Waals surface area contributed by atoms with Crippen molar-refractivity contribution in [3.05, 3.63) is 29.8 Å². The van der Waals surface area contributed by atoms with E-state index in [-0.39, 0.29) is 5.91 Å². The molecule has 1 atom stereocenters. The average molecular weight is 236 g/mol. The van der Waals surface area contributed by atoms with E-state index >= 15 is 0 Å². The second kappa shape index (κ2) is 5.68. The average Bonchev–Trinajstić information content (AvgIpc) is 2.36. The van der Waals surface area contributed by atoms with Crippen LogP contribution in [0.1, 0.15) is 25.8 Å². The van der Waals surface area contributed by atoms with E-state index in [1.54, 1.807) is 14.0 Å². The smallest absolute Gasteiger partial charge is 0.240 e. The molecule has 0 radical (unpaired) electrons. The van der Waals surface area contributed by atoms with E-state index in [4.69, 9.17) is 10.5 Å². The topological polar surface area (TPSA) is 64.4 Å². The maximum atomic E-state index is 11.7. The highest BCUT2D eigenvalue weighted by molar-refractivity contribution is 5.85. The molecule has 0 aliphatic carbocycles. The number of methoxy groups -OCH3 is 1. The molecule has 0 heterocycles. The van der Waals surface area contributed by atoms with Crippen LogP contribution in [-0.2, 0) is 11.3 Å². The molecule has 0 spiro atoms. The highest BCUT2D eigenvalue weighted by atomic mass is 16.5. The normalized spacial score (nSPS) is 13.9. The molecule has 0 aromatic heterocycles. The first-order chi connectivity index (χ1) is 7.99. The molecule has 1 aromatic rings. The van der Waals surface area contributed by atoms with Crippen LogP contribution in [0.2, 0.25) is 0 Å². The van der Waals surface area contributed by atoms with E-state index in [0.717, 1.165) is 11.3 Å². The van der Waals surface area contributed by atoms with Gasteiger partial charge in [0.1, 0.15) is 5.75 Å². The zero-order valence-corrected chi connectivity index (χ0v) is 10.6. The second-order valence-electron chi connectivity index (χ2n) is 4.30. The highest BCUT2D eigenvalue weighted by Crippen LogP contribution is 2.11. The Balaban J connectivity index is 2.53. The molecule has 17 heavy (non-hydrogen) atoms. The van der Waals surface area contributed by atoms with Crippen LogP contribution >= 0.6 is 0 Å². The fraction of sp³-hybridized carbons (Fsp3) is 0.462. The molecule has 4 nitrogen and oxygen atoms in total. The zero-order valence-electron chi connectivity index (χ0n) is 10.6. The number of nitrogens with one attached hydrogen (secondary N) is 1. The number of ether oxygens (including phenoxy) is 1. The van der Waals surface area contributed by atoms with Gasteiger partial charge >= 0.3 is 0 Å². The third-order valence-electron chi connectivity index (χ3n) is 2.87. The van der Waals surface area contributed by atoms with Gasteiger partial charge in [-0.1, -0.05) is 19.1 Å². The Bertz CT molecular complexity index is 372. The molecular formula is C13H20N2O2. The Kier molecular flexibility index (Phi) is 4.52. The van der Waals surface area contributed by atoms with Gasteiger partial charge in [-0.25, -0.2) is 0 Å². The van der Waals surface area contributed by atoms with Crippen molar-refractivity contribution in [1.82, 2.24) is 5.32 Å². The molecule has 1 aromatic carbocycles. The molecule has 0 aliphatic heterocycles. The SMILES string of the molecule is CCC(C)(N)C(=O)NCc1ccc(OC)cc1. The first kappa shape index (κ1) is 13.5. The predicted molar refractivity (Wildman–Crippen MR) is 67.7 cm³/mol. The van der Waals surface area contributed by atoms with Gasteiger partial charge in [-0.05, 0) is 31.0 Å². The van der Waals surface area contributed by atoms with Crippen molar-refractivity contribution >= 4 is 5.91 Å². The first-order valence-electron chi connectivity index (χ1n) is 5.69. The van der Waals surface area contributed by atoms with Gasteiger partial charge in [-0.2, -0.15) is 0 Å². The molecule has 0 saturated carbocycles. The summed E-state index contributed by atoms with van der Waals surface area (Å²) in [5.74, 6) is 0.674. The number of carbonyl (C=O) groups is 1. The van der Waals surface area contributed by atoms with Crippen molar-refractivity contribution in [2.45, 2.75) is 32.4 Å². The lowest BCUT2D eigenvalue weighted by Crippen LogP contribution is -2.50. The molecule has 0 saturated heterocycles. The van der Waals surface area contributed by atoms with Crippen LogP contribution in [0.4, 0.5) is 0 Å². The molecule has 1 unspecified atom stereocenters. The van der Waals surface area contributed by atoms with Gasteiger partial charge in [-0.3, -0.25) is 4.79 Å². The van der Waals surface area contributed by atoms with Crippen molar-refractivity contribution in [3.63, 3.8) is 0 Å². The fourth-order valence-electron chi connectivity index (χ4n) is 1.29. The molecule has 3 N–H and O–H groups in total. The van der Waals surface area contributed by atoms with Crippen LogP contribution in [0.25, 0.3) is 0 Å². The third-order valence-corrected chi connectivity index (χ3v) is 2.87. The number of benzene rings is 1. The van der Waals surface area contributed by atoms with Crippen molar-refractivity contribution in [2.24, 2.45) is 5.73 Å². The van der Waals surface area contributed by atoms with E-state index in [2.05, 4.69) is 5.32 Å². The van der Waals surface area contributed by atoms with Crippen LogP contribution in [0.15, 0.2) is 24.3 Å². The largest absolute Gasteiger partial charge is 0.497 e. The summed E-state index contributed by atoms with van der Waals surface area (Å²) in [6.45, 7) is 4.11. The summed E-state index contributed by atoms with van der Waals surface area (Å²) in [6, 6.07) is 7.56. The van der Waals surface area contributed by atoms with E-state index in [1.807, 2.05) is 31.2 Å². The Morgan fingerprint density at radius 1 is 1.41 bits per heavy atom. The maximum absolute atomic E-state index is 11.7. The van der Waals surface area contributed by atoms with Gasteiger partial charge in [0.25, 0.3) is 0 Å². The lowest BCUT2D eigenvalue weighted by atomic mass is 9.99. The molecular weight excluding hydrogens is 216 g/mol. The van der Waals surface area contributed by atoms with Gasteiger partial charge in [0, 0.05) is 6.54 Å². The maximum Gasteiger partial charge on any atom is 0.240 e. The van der Waals surface area contributed by atoms with Crippen LogP contribution in [-0.4, -0.2) is 18.6 Å². The summed E-state index contributed by atoms with van der Waals surface area (Å²) in [4.78, 5) is 11.7. The molecule has 94 valence electrons. The van der Waals surface area contributed by atoms with Crippen LogP contribution in [0.5, 0.6) is 5.75 Å². The van der Waals surface area contributed by atoms with Gasteiger partial charge in [0.15, 0.2) is 0 Å². The first-order valence-corrected chi connectivity index (χ1v) is 5.69. The van der Waals surface area contributed by atoms with E-state index in [9.17, 15) is 4.79 Å². The van der Waals surface area contributed by atoms with Crippen molar-refractivity contribution < 1.29 is 9.53 Å². The van der Waals surface area contributed by atoms with Gasteiger partial charge in [-0.15, -0.1) is 0 Å². The van der Waals surface area contributed by atoms with Crippen LogP contribution in [0.3, 0.4) is 0 Å². The highest BCUT2D eigenvalue weighted by Gasteiger charge is 2.25. The number of hydrogen-bond donors (Lipinski definition) is 2. The summed E-state index contributed by atoms with van der Waals surface area (Å²) in [7, 11) is 1.62. The van der Waals surface area contributed by atoms with Crippen LogP contribution in [0, 0.1) is 0 Å². The molecule has 4 heteroatoms. The monoisotopic (exact) mass is 236 g/mol. The van der Waals surface area contributed by atoms with Crippen molar-refractivity contribution in [1.29, 1.82) is 0 Å². The summed E-state index contributed by atoms with van der Waals surface area (Å²) >= 11 is 0. The van der Waals surface area contributed by atoms with Gasteiger partial charge in [0.2, 0.25) is 5.91 Å². The van der Waals surface area contributed by atoms with Gasteiger partial charge in [0.05, 0.1) is 12.6 Å². The number of carbonyl (C=O) groups excluding carboxylic acids is 1. The summed E-state index contributed by atoms with van der Waals surface area (Å²) < 4.78 is 5.06. The van der Waals surface area contributed by atoms with Crippen molar-refractivity contribution in [3.8, 4) is 5.75 Å². The minimum absolute atomic E-state index is 0.129. The Morgan fingerprint density at radius 3 is 2.47 bits per heavy atom. The Hall–Kier alpha value is -1.55. The summed E-state index contributed by atoms with van der Waals surface area (Å²) in [5.41, 5.74) is 6.06. The second-order valence-corrected chi connectivity index (χ2v) is 4.30. The number of rotatable bonds is 5. The van der Waals surface area contributed by atoms with Crippen LogP contribution < -0.4 is 15.8 Å². The third kappa shape index (κ3) is 3.75. The molecule has 1 rings (SSSR count). The summed E-state index contributed by atoms with van der Waals surface area (Å²) in [6.07, 6.45) is 0.613. The minimum atomic E-state index is -0.799. The fourth-order valence-corrected chi connectivity index (χ4v) is 1.29. The number of amides is 1. The molecule has 0 bridgehead atoms. The minimum Gasteiger partial charge on any atom is -0.497 e. The lowest BCUT2D eigenvalue weighted by molar-refractivity contribution is -0.126. The summed E-state index contributed by atoms with van der Waals surface area (Å²) in [5, 5.41) is 2.82. The van der Waals surface area contributed by atoms with Crippen molar-refractivity contribution in [2.75, 3.05) is 7.11 Å². The quantitative estimate of drug-likeness (QED) is 0.813. The number of hydrogen-bond acceptors (Lipinski definition) is 3. The number of nitrogens with two attached hydrogens (primary N) is 1. The lowest BCUT2D eigenvalue weighted by Gasteiger charge is -2.21. The van der Waals surface area contributed by atoms with Gasteiger partial charge < -0.3 is 15.8 Å². The predicted octanol–water partition coefficient (Wildman–Crippen LogP) is 1.44. The standard InChI is InChI=1S/C13H20N2O2/c1-4-13(2,14)12(16)15-9-10-5-7-11(17-3)8-6-10/h5-8H,4,9,14H2,1-3H3,(H,15,16). The van der Waals surface area contributed by atoms with E-state index in [1.165, 1.54) is 0 Å². The van der Waals surface area contributed by atoms with E-state index < -0.39 is 5.54 Å². The Morgan fingerprint density at radius 2 is 2.00 bits per heavy atom. The van der Waals surface area contributed by atoms with E-state index in [0.29, 0.717) is 13.0 Å². The zero-order chi connectivity index (χ0) is 12.9. The Labute approximate surface area is 102 Å². The molecule has 0 aliphatic rings. The molecule has 1 amide bonds.